The summed E-state index contributed by atoms with van der Waals surface area (Å²) in [6, 6.07) is 9.72. The number of hydrogen-bond acceptors (Lipinski definition) is 2. The Morgan fingerprint density at radius 1 is 1.35 bits per heavy atom. The van der Waals surface area contributed by atoms with E-state index in [4.69, 9.17) is 0 Å². The van der Waals surface area contributed by atoms with Crippen LogP contribution in [0.2, 0.25) is 0 Å². The van der Waals surface area contributed by atoms with Gasteiger partial charge >= 0.3 is 0 Å². The summed E-state index contributed by atoms with van der Waals surface area (Å²) in [4.78, 5) is 11.7. The van der Waals surface area contributed by atoms with Crippen LogP contribution in [-0.2, 0) is 11.2 Å². The Labute approximate surface area is 100 Å². The molecule has 0 bridgehead atoms. The molecule has 0 aliphatic carbocycles. The fraction of sp³-hybridized carbons (Fsp3) is 0.231. The van der Waals surface area contributed by atoms with Gasteiger partial charge in [-0.2, -0.15) is 5.10 Å². The van der Waals surface area contributed by atoms with Crippen molar-refractivity contribution in [2.24, 2.45) is 0 Å². The predicted octanol–water partition coefficient (Wildman–Crippen LogP) is 2.21. The van der Waals surface area contributed by atoms with Gasteiger partial charge in [-0.25, -0.2) is 0 Å². The van der Waals surface area contributed by atoms with E-state index in [0.29, 0.717) is 12.2 Å². The number of nitrogens with zero attached hydrogens (tertiary/aromatic N) is 1. The molecule has 0 aliphatic rings. The van der Waals surface area contributed by atoms with Gasteiger partial charge in [0.05, 0.1) is 6.42 Å². The number of nitrogens with one attached hydrogen (secondary N) is 2. The van der Waals surface area contributed by atoms with Crippen molar-refractivity contribution >= 4 is 11.7 Å². The predicted molar refractivity (Wildman–Crippen MR) is 66.8 cm³/mol. The van der Waals surface area contributed by atoms with Gasteiger partial charge in [0.1, 0.15) is 0 Å². The molecule has 0 unspecified atom stereocenters. The van der Waals surface area contributed by atoms with Crippen LogP contribution in [0.5, 0.6) is 0 Å². The highest BCUT2D eigenvalue weighted by atomic mass is 16.1. The zero-order chi connectivity index (χ0) is 12.3. The average molecular weight is 229 g/mol. The molecule has 17 heavy (non-hydrogen) atoms. The summed E-state index contributed by atoms with van der Waals surface area (Å²) in [7, 11) is 0. The minimum atomic E-state index is -0.0536. The van der Waals surface area contributed by atoms with Crippen LogP contribution in [0, 0.1) is 13.8 Å². The number of anilines is 1. The van der Waals surface area contributed by atoms with Crippen LogP contribution < -0.4 is 5.32 Å². The summed E-state index contributed by atoms with van der Waals surface area (Å²) in [5.41, 5.74) is 3.09. The third-order valence-electron chi connectivity index (χ3n) is 2.42. The van der Waals surface area contributed by atoms with Crippen LogP contribution in [0.4, 0.5) is 5.82 Å². The molecule has 0 spiro atoms. The topological polar surface area (TPSA) is 57.8 Å². The number of H-pyrrole nitrogens is 1. The van der Waals surface area contributed by atoms with Gasteiger partial charge in [0.2, 0.25) is 5.91 Å². The van der Waals surface area contributed by atoms with E-state index in [2.05, 4.69) is 15.5 Å². The van der Waals surface area contributed by atoms with Gasteiger partial charge in [0.15, 0.2) is 5.82 Å². The van der Waals surface area contributed by atoms with Crippen molar-refractivity contribution in [3.05, 3.63) is 47.2 Å². The Morgan fingerprint density at radius 2 is 2.18 bits per heavy atom. The normalized spacial score (nSPS) is 10.2. The van der Waals surface area contributed by atoms with E-state index < -0.39 is 0 Å². The number of aromatic amines is 1. The highest BCUT2D eigenvalue weighted by Gasteiger charge is 2.05. The van der Waals surface area contributed by atoms with E-state index in [9.17, 15) is 4.79 Å². The molecule has 2 aromatic rings. The lowest BCUT2D eigenvalue weighted by Crippen LogP contribution is -2.14. The number of rotatable bonds is 3. The zero-order valence-corrected chi connectivity index (χ0v) is 9.95. The first-order valence-corrected chi connectivity index (χ1v) is 5.51. The largest absolute Gasteiger partial charge is 0.309 e. The second-order valence-corrected chi connectivity index (χ2v) is 4.15. The van der Waals surface area contributed by atoms with E-state index in [1.807, 2.05) is 38.1 Å². The number of carbonyl (C=O) groups is 1. The maximum Gasteiger partial charge on any atom is 0.229 e. The molecule has 0 saturated heterocycles. The maximum absolute atomic E-state index is 11.7. The molecule has 0 aliphatic heterocycles. The van der Waals surface area contributed by atoms with Crippen LogP contribution in [0.25, 0.3) is 0 Å². The van der Waals surface area contributed by atoms with Gasteiger partial charge < -0.3 is 5.32 Å². The lowest BCUT2D eigenvalue weighted by molar-refractivity contribution is -0.115. The van der Waals surface area contributed by atoms with Crippen molar-refractivity contribution in [1.29, 1.82) is 0 Å². The van der Waals surface area contributed by atoms with Gasteiger partial charge in [0.25, 0.3) is 0 Å². The average Bonchev–Trinajstić information content (AvgIpc) is 2.63. The zero-order valence-electron chi connectivity index (χ0n) is 9.95. The lowest BCUT2D eigenvalue weighted by Gasteiger charge is -2.02. The molecule has 0 saturated carbocycles. The minimum Gasteiger partial charge on any atom is -0.309 e. The second-order valence-electron chi connectivity index (χ2n) is 4.15. The third kappa shape index (κ3) is 3.17. The minimum absolute atomic E-state index is 0.0536. The molecule has 2 rings (SSSR count). The summed E-state index contributed by atoms with van der Waals surface area (Å²) < 4.78 is 0. The first-order valence-electron chi connectivity index (χ1n) is 5.51. The summed E-state index contributed by atoms with van der Waals surface area (Å²) in [5.74, 6) is 0.516. The van der Waals surface area contributed by atoms with Gasteiger partial charge in [-0.15, -0.1) is 0 Å². The number of benzene rings is 1. The Kier molecular flexibility index (Phi) is 3.23. The van der Waals surface area contributed by atoms with Gasteiger partial charge in [-0.1, -0.05) is 29.8 Å². The van der Waals surface area contributed by atoms with E-state index in [1.54, 1.807) is 6.07 Å². The molecule has 88 valence electrons. The summed E-state index contributed by atoms with van der Waals surface area (Å²) >= 11 is 0. The quantitative estimate of drug-likeness (QED) is 0.847. The SMILES string of the molecule is Cc1cccc(CC(=O)Nc2cc(C)[nH]n2)c1. The van der Waals surface area contributed by atoms with Gasteiger partial charge in [0, 0.05) is 11.8 Å². The van der Waals surface area contributed by atoms with Crippen LogP contribution >= 0.6 is 0 Å². The van der Waals surface area contributed by atoms with Crippen molar-refractivity contribution in [2.45, 2.75) is 20.3 Å². The van der Waals surface area contributed by atoms with Crippen molar-refractivity contribution in [3.63, 3.8) is 0 Å². The standard InChI is InChI=1S/C13H15N3O/c1-9-4-3-5-11(6-9)8-13(17)14-12-7-10(2)15-16-12/h3-7H,8H2,1-2H3,(H2,14,15,16,17). The van der Waals surface area contributed by atoms with E-state index >= 15 is 0 Å². The highest BCUT2D eigenvalue weighted by molar-refractivity contribution is 5.91. The van der Waals surface area contributed by atoms with E-state index in [0.717, 1.165) is 16.8 Å². The van der Waals surface area contributed by atoms with Crippen LogP contribution in [0.1, 0.15) is 16.8 Å². The van der Waals surface area contributed by atoms with Crippen molar-refractivity contribution in [3.8, 4) is 0 Å². The maximum atomic E-state index is 11.7. The number of aryl methyl sites for hydroxylation is 2. The molecular weight excluding hydrogens is 214 g/mol. The summed E-state index contributed by atoms with van der Waals surface area (Å²) in [6.45, 7) is 3.90. The molecule has 0 atom stereocenters. The molecule has 0 radical (unpaired) electrons. The Balaban J connectivity index is 1.98. The van der Waals surface area contributed by atoms with Crippen LogP contribution in [-0.4, -0.2) is 16.1 Å². The number of hydrogen-bond donors (Lipinski definition) is 2. The van der Waals surface area contributed by atoms with Crippen LogP contribution in [0.15, 0.2) is 30.3 Å². The van der Waals surface area contributed by atoms with Crippen molar-refractivity contribution in [2.75, 3.05) is 5.32 Å². The molecule has 2 N–H and O–H groups in total. The van der Waals surface area contributed by atoms with E-state index in [1.165, 1.54) is 0 Å². The molecule has 1 aromatic carbocycles. The monoisotopic (exact) mass is 229 g/mol. The Hall–Kier alpha value is -2.10. The smallest absolute Gasteiger partial charge is 0.229 e. The molecule has 1 aromatic heterocycles. The van der Waals surface area contributed by atoms with Gasteiger partial charge in [-0.3, -0.25) is 9.89 Å². The van der Waals surface area contributed by atoms with Crippen LogP contribution in [0.3, 0.4) is 0 Å². The Bertz CT molecular complexity index is 531. The number of amides is 1. The molecule has 1 heterocycles. The van der Waals surface area contributed by atoms with Crippen molar-refractivity contribution in [1.82, 2.24) is 10.2 Å². The summed E-state index contributed by atoms with van der Waals surface area (Å²) in [5, 5.41) is 9.49. The second kappa shape index (κ2) is 4.82. The first-order chi connectivity index (χ1) is 8.13. The molecule has 1 amide bonds. The van der Waals surface area contributed by atoms with Gasteiger partial charge in [-0.05, 0) is 19.4 Å². The highest BCUT2D eigenvalue weighted by Crippen LogP contribution is 2.07. The third-order valence-corrected chi connectivity index (χ3v) is 2.42. The molecule has 0 fully saturated rings. The number of aromatic nitrogens is 2. The molecular formula is C13H15N3O. The lowest BCUT2D eigenvalue weighted by atomic mass is 10.1. The van der Waals surface area contributed by atoms with Crippen molar-refractivity contribution < 1.29 is 4.79 Å². The fourth-order valence-corrected chi connectivity index (χ4v) is 1.68. The molecule has 4 heteroatoms. The number of carbonyl (C=O) groups excluding carboxylic acids is 1. The van der Waals surface area contributed by atoms with E-state index in [-0.39, 0.29) is 5.91 Å². The Morgan fingerprint density at radius 3 is 2.82 bits per heavy atom. The summed E-state index contributed by atoms with van der Waals surface area (Å²) in [6.07, 6.45) is 0.369. The molecule has 4 nitrogen and oxygen atoms in total. The fourth-order valence-electron chi connectivity index (χ4n) is 1.68. The first kappa shape index (κ1) is 11.4.